The van der Waals surface area contributed by atoms with Crippen LogP contribution in [0, 0.1) is 6.92 Å². The lowest BCUT2D eigenvalue weighted by Crippen LogP contribution is -2.07. The summed E-state index contributed by atoms with van der Waals surface area (Å²) < 4.78 is 1.22. The molecule has 0 aliphatic rings. The van der Waals surface area contributed by atoms with Crippen LogP contribution in [0.5, 0.6) is 0 Å². The number of anilines is 1. The largest absolute Gasteiger partial charge is 0.353 e. The first-order valence-electron chi connectivity index (χ1n) is 6.27. The maximum absolute atomic E-state index is 4.60. The maximum Gasteiger partial charge on any atom is 0.184 e. The number of thiazole rings is 1. The molecule has 0 radical (unpaired) electrons. The van der Waals surface area contributed by atoms with Gasteiger partial charge in [-0.25, -0.2) is 4.98 Å². The quantitative estimate of drug-likeness (QED) is 0.775. The second-order valence-electron chi connectivity index (χ2n) is 4.61. The third-order valence-electron chi connectivity index (χ3n) is 3.02. The number of pyridine rings is 1. The van der Waals surface area contributed by atoms with Crippen molar-refractivity contribution in [3.63, 3.8) is 0 Å². The average Bonchev–Trinajstić information content (AvgIpc) is 2.81. The smallest absolute Gasteiger partial charge is 0.184 e. The Balaban J connectivity index is 1.85. The molecule has 19 heavy (non-hydrogen) atoms. The van der Waals surface area contributed by atoms with Crippen LogP contribution in [0.4, 0.5) is 5.13 Å². The maximum atomic E-state index is 4.60. The molecule has 3 aromatic rings. The SMILES string of the molecule is Cc1ccc2nc(NC(C)c3ccccn3)sc2c1. The Bertz CT molecular complexity index is 691. The fourth-order valence-corrected chi connectivity index (χ4v) is 3.04. The lowest BCUT2D eigenvalue weighted by atomic mass is 10.2. The first-order valence-corrected chi connectivity index (χ1v) is 7.09. The van der Waals surface area contributed by atoms with Crippen LogP contribution in [0.1, 0.15) is 24.2 Å². The van der Waals surface area contributed by atoms with Crippen molar-refractivity contribution in [2.45, 2.75) is 19.9 Å². The number of nitrogens with zero attached hydrogens (tertiary/aromatic N) is 2. The fraction of sp³-hybridized carbons (Fsp3) is 0.200. The minimum Gasteiger partial charge on any atom is -0.353 e. The molecule has 0 bridgehead atoms. The van der Waals surface area contributed by atoms with Gasteiger partial charge in [0.1, 0.15) is 0 Å². The van der Waals surface area contributed by atoms with Gasteiger partial charge in [-0.2, -0.15) is 0 Å². The van der Waals surface area contributed by atoms with Gasteiger partial charge >= 0.3 is 0 Å². The number of hydrogen-bond acceptors (Lipinski definition) is 4. The standard InChI is InChI=1S/C15H15N3S/c1-10-6-7-13-14(9-10)19-15(18-13)17-11(2)12-5-3-4-8-16-12/h3-9,11H,1-2H3,(H,17,18). The van der Waals surface area contributed by atoms with Crippen LogP contribution in [0.3, 0.4) is 0 Å². The first kappa shape index (κ1) is 12.1. The van der Waals surface area contributed by atoms with Crippen molar-refractivity contribution in [2.75, 3.05) is 5.32 Å². The van der Waals surface area contributed by atoms with E-state index < -0.39 is 0 Å². The van der Waals surface area contributed by atoms with Crippen molar-refractivity contribution in [1.29, 1.82) is 0 Å². The van der Waals surface area contributed by atoms with Gasteiger partial charge in [0.05, 0.1) is 22.0 Å². The van der Waals surface area contributed by atoms with E-state index in [1.54, 1.807) is 11.3 Å². The highest BCUT2D eigenvalue weighted by Gasteiger charge is 2.09. The Hall–Kier alpha value is -1.94. The number of benzene rings is 1. The predicted molar refractivity (Wildman–Crippen MR) is 80.6 cm³/mol. The van der Waals surface area contributed by atoms with Crippen molar-refractivity contribution < 1.29 is 0 Å². The van der Waals surface area contributed by atoms with Crippen molar-refractivity contribution in [3.05, 3.63) is 53.9 Å². The van der Waals surface area contributed by atoms with Crippen molar-refractivity contribution >= 4 is 26.7 Å². The average molecular weight is 269 g/mol. The van der Waals surface area contributed by atoms with Crippen LogP contribution in [0.2, 0.25) is 0 Å². The highest BCUT2D eigenvalue weighted by Crippen LogP contribution is 2.28. The molecular weight excluding hydrogens is 254 g/mol. The molecule has 3 nitrogen and oxygen atoms in total. The zero-order chi connectivity index (χ0) is 13.2. The Labute approximate surface area is 116 Å². The van der Waals surface area contributed by atoms with Gasteiger partial charge in [0, 0.05) is 6.20 Å². The second kappa shape index (κ2) is 4.97. The molecule has 0 saturated carbocycles. The zero-order valence-electron chi connectivity index (χ0n) is 10.9. The summed E-state index contributed by atoms with van der Waals surface area (Å²) in [5, 5.41) is 4.36. The lowest BCUT2D eigenvalue weighted by molar-refractivity contribution is 0.838. The van der Waals surface area contributed by atoms with E-state index in [2.05, 4.69) is 47.3 Å². The Morgan fingerprint density at radius 2 is 2.11 bits per heavy atom. The number of hydrogen-bond donors (Lipinski definition) is 1. The summed E-state index contributed by atoms with van der Waals surface area (Å²) in [5.74, 6) is 0. The Morgan fingerprint density at radius 3 is 2.89 bits per heavy atom. The lowest BCUT2D eigenvalue weighted by Gasteiger charge is -2.11. The van der Waals surface area contributed by atoms with E-state index in [0.717, 1.165) is 16.3 Å². The van der Waals surface area contributed by atoms with Gasteiger partial charge in [-0.3, -0.25) is 4.98 Å². The third-order valence-corrected chi connectivity index (χ3v) is 3.96. The monoisotopic (exact) mass is 269 g/mol. The highest BCUT2D eigenvalue weighted by molar-refractivity contribution is 7.22. The molecule has 3 rings (SSSR count). The number of aromatic nitrogens is 2. The molecule has 0 amide bonds. The molecule has 2 heterocycles. The summed E-state index contributed by atoms with van der Waals surface area (Å²) in [4.78, 5) is 8.96. The van der Waals surface area contributed by atoms with Crippen molar-refractivity contribution in [3.8, 4) is 0 Å². The van der Waals surface area contributed by atoms with Gasteiger partial charge < -0.3 is 5.32 Å². The van der Waals surface area contributed by atoms with Crippen LogP contribution in [0.15, 0.2) is 42.6 Å². The molecule has 0 saturated heterocycles. The molecule has 96 valence electrons. The predicted octanol–water partition coefficient (Wildman–Crippen LogP) is 4.17. The molecule has 1 aromatic carbocycles. The van der Waals surface area contributed by atoms with Crippen LogP contribution in [-0.4, -0.2) is 9.97 Å². The summed E-state index contributed by atoms with van der Waals surface area (Å²) in [6.45, 7) is 4.20. The summed E-state index contributed by atoms with van der Waals surface area (Å²) in [6, 6.07) is 12.4. The van der Waals surface area contributed by atoms with Gasteiger partial charge in [0.25, 0.3) is 0 Å². The molecule has 0 fully saturated rings. The third kappa shape index (κ3) is 2.58. The molecule has 0 spiro atoms. The van der Waals surface area contributed by atoms with E-state index in [1.807, 2.05) is 24.4 Å². The molecular formula is C15H15N3S. The zero-order valence-corrected chi connectivity index (χ0v) is 11.7. The summed E-state index contributed by atoms with van der Waals surface area (Å²) in [6.07, 6.45) is 1.81. The van der Waals surface area contributed by atoms with Gasteiger partial charge in [-0.15, -0.1) is 0 Å². The molecule has 0 aliphatic heterocycles. The number of fused-ring (bicyclic) bond motifs is 1. The summed E-state index contributed by atoms with van der Waals surface area (Å²) in [7, 11) is 0. The van der Waals surface area contributed by atoms with Gasteiger partial charge in [0.2, 0.25) is 0 Å². The molecule has 1 atom stereocenters. The summed E-state index contributed by atoms with van der Waals surface area (Å²) in [5.41, 5.74) is 3.34. The van der Waals surface area contributed by atoms with Crippen LogP contribution in [-0.2, 0) is 0 Å². The number of aryl methyl sites for hydroxylation is 1. The van der Waals surface area contributed by atoms with Gasteiger partial charge in [0.15, 0.2) is 5.13 Å². The number of nitrogens with one attached hydrogen (secondary N) is 1. The molecule has 1 unspecified atom stereocenters. The van der Waals surface area contributed by atoms with Crippen LogP contribution >= 0.6 is 11.3 Å². The Kier molecular flexibility index (Phi) is 3.17. The van der Waals surface area contributed by atoms with Crippen LogP contribution in [0.25, 0.3) is 10.2 Å². The molecule has 2 aromatic heterocycles. The second-order valence-corrected chi connectivity index (χ2v) is 5.64. The van der Waals surface area contributed by atoms with Crippen molar-refractivity contribution in [1.82, 2.24) is 9.97 Å². The van der Waals surface area contributed by atoms with Gasteiger partial charge in [-0.05, 0) is 43.7 Å². The number of rotatable bonds is 3. The molecule has 1 N–H and O–H groups in total. The molecule has 4 heteroatoms. The summed E-state index contributed by atoms with van der Waals surface area (Å²) >= 11 is 1.68. The minimum atomic E-state index is 0.155. The van der Waals surface area contributed by atoms with E-state index in [4.69, 9.17) is 0 Å². The highest BCUT2D eigenvalue weighted by atomic mass is 32.1. The Morgan fingerprint density at radius 1 is 1.21 bits per heavy atom. The topological polar surface area (TPSA) is 37.8 Å². The van der Waals surface area contributed by atoms with E-state index in [9.17, 15) is 0 Å². The van der Waals surface area contributed by atoms with E-state index in [1.165, 1.54) is 10.3 Å². The van der Waals surface area contributed by atoms with Gasteiger partial charge in [-0.1, -0.05) is 23.5 Å². The minimum absolute atomic E-state index is 0.155. The van der Waals surface area contributed by atoms with E-state index in [0.29, 0.717) is 0 Å². The fourth-order valence-electron chi connectivity index (χ4n) is 1.98. The normalized spacial score (nSPS) is 12.5. The van der Waals surface area contributed by atoms with E-state index in [-0.39, 0.29) is 6.04 Å². The van der Waals surface area contributed by atoms with E-state index >= 15 is 0 Å². The van der Waals surface area contributed by atoms with Crippen molar-refractivity contribution in [2.24, 2.45) is 0 Å². The molecule has 0 aliphatic carbocycles. The van der Waals surface area contributed by atoms with Crippen LogP contribution < -0.4 is 5.32 Å². The first-order chi connectivity index (χ1) is 9.22.